The summed E-state index contributed by atoms with van der Waals surface area (Å²) < 4.78 is 19.8. The number of halogens is 1. The number of piperidine rings is 1. The Hall–Kier alpha value is -3.72. The zero-order valence-corrected chi connectivity index (χ0v) is 24.3. The summed E-state index contributed by atoms with van der Waals surface area (Å²) in [6.45, 7) is 5.91. The van der Waals surface area contributed by atoms with Gasteiger partial charge in [0.15, 0.2) is 0 Å². The highest BCUT2D eigenvalue weighted by atomic mass is 19.1. The molecule has 0 bridgehead atoms. The normalized spacial score (nSPS) is 24.7. The number of rotatable bonds is 10. The highest BCUT2D eigenvalue weighted by molar-refractivity contribution is 6.07. The molecule has 2 N–H and O–H groups in total. The minimum atomic E-state index is -1.37. The Morgan fingerprint density at radius 1 is 1.10 bits per heavy atom. The van der Waals surface area contributed by atoms with Crippen LogP contribution in [0.3, 0.4) is 0 Å². The Kier molecular flexibility index (Phi) is 8.96. The quantitative estimate of drug-likeness (QED) is 0.310. The number of likely N-dealkylation sites (tertiary alicyclic amines) is 1. The van der Waals surface area contributed by atoms with Crippen molar-refractivity contribution in [1.29, 1.82) is 0 Å². The Morgan fingerprint density at radius 2 is 1.76 bits per heavy atom. The number of ether oxygens (including phenoxy) is 1. The van der Waals surface area contributed by atoms with Crippen LogP contribution in [0.25, 0.3) is 0 Å². The van der Waals surface area contributed by atoms with Gasteiger partial charge < -0.3 is 20.3 Å². The van der Waals surface area contributed by atoms with E-state index in [9.17, 15) is 18.8 Å². The molecule has 8 nitrogen and oxygen atoms in total. The van der Waals surface area contributed by atoms with Crippen LogP contribution in [0.1, 0.15) is 62.1 Å². The van der Waals surface area contributed by atoms with E-state index in [4.69, 9.17) is 4.74 Å². The minimum Gasteiger partial charge on any atom is -0.497 e. The molecule has 224 valence electrons. The second-order valence-corrected chi connectivity index (χ2v) is 11.9. The molecule has 0 aromatic heterocycles. The molecule has 1 aliphatic carbocycles. The zero-order chi connectivity index (χ0) is 29.7. The number of allylic oxidation sites excluding steroid dienone is 1. The molecule has 4 amide bonds. The molecule has 3 fully saturated rings. The van der Waals surface area contributed by atoms with Crippen LogP contribution < -0.4 is 15.4 Å². The largest absolute Gasteiger partial charge is 0.497 e. The fraction of sp³-hybridized carbons (Fsp3) is 0.485. The Balaban J connectivity index is 1.16. The second kappa shape index (κ2) is 12.7. The van der Waals surface area contributed by atoms with Crippen LogP contribution in [-0.2, 0) is 16.1 Å². The van der Waals surface area contributed by atoms with Gasteiger partial charge in [-0.15, -0.1) is 0 Å². The van der Waals surface area contributed by atoms with Gasteiger partial charge in [0.1, 0.15) is 17.0 Å². The monoisotopic (exact) mass is 576 g/mol. The smallest absolute Gasteiger partial charge is 0.325 e. The van der Waals surface area contributed by atoms with Crippen LogP contribution >= 0.6 is 0 Å². The number of hydrogen-bond donors (Lipinski definition) is 2. The first-order chi connectivity index (χ1) is 20.2. The van der Waals surface area contributed by atoms with Gasteiger partial charge in [-0.05, 0) is 68.2 Å². The van der Waals surface area contributed by atoms with Crippen molar-refractivity contribution in [2.45, 2.75) is 68.7 Å². The minimum absolute atomic E-state index is 0.0243. The van der Waals surface area contributed by atoms with Gasteiger partial charge in [-0.2, -0.15) is 0 Å². The maximum Gasteiger partial charge on any atom is 0.325 e. The summed E-state index contributed by atoms with van der Waals surface area (Å²) in [5.74, 6) is 0.328. The van der Waals surface area contributed by atoms with Gasteiger partial charge in [-0.1, -0.05) is 55.1 Å². The van der Waals surface area contributed by atoms with Crippen LogP contribution in [0.5, 0.6) is 5.75 Å². The number of nitrogens with zero attached hydrogens (tertiary/aromatic N) is 2. The Morgan fingerprint density at radius 3 is 2.38 bits per heavy atom. The lowest BCUT2D eigenvalue weighted by molar-refractivity contribution is -0.133. The predicted octanol–water partition coefficient (Wildman–Crippen LogP) is 4.91. The van der Waals surface area contributed by atoms with Crippen molar-refractivity contribution < 1.29 is 23.5 Å². The number of carbonyl (C=O) groups is 3. The van der Waals surface area contributed by atoms with E-state index in [0.717, 1.165) is 23.4 Å². The van der Waals surface area contributed by atoms with E-state index in [-0.39, 0.29) is 36.3 Å². The topological polar surface area (TPSA) is 91.0 Å². The first-order valence-electron chi connectivity index (χ1n) is 14.9. The molecule has 2 aromatic carbocycles. The Bertz CT molecular complexity index is 1270. The van der Waals surface area contributed by atoms with Crippen molar-refractivity contribution in [2.75, 3.05) is 26.7 Å². The van der Waals surface area contributed by atoms with Gasteiger partial charge in [0.2, 0.25) is 5.91 Å². The molecule has 2 aromatic rings. The van der Waals surface area contributed by atoms with E-state index in [1.165, 1.54) is 11.0 Å². The van der Waals surface area contributed by atoms with Gasteiger partial charge in [0.25, 0.3) is 5.91 Å². The Labute approximate surface area is 247 Å². The van der Waals surface area contributed by atoms with Crippen LogP contribution in [0.2, 0.25) is 0 Å². The first-order valence-corrected chi connectivity index (χ1v) is 14.9. The molecule has 0 unspecified atom stereocenters. The summed E-state index contributed by atoms with van der Waals surface area (Å²) in [6.07, 6.45) is 4.84. The fourth-order valence-corrected chi connectivity index (χ4v) is 6.40. The number of urea groups is 1. The van der Waals surface area contributed by atoms with Crippen molar-refractivity contribution in [1.82, 2.24) is 20.4 Å². The van der Waals surface area contributed by atoms with E-state index in [1.54, 1.807) is 7.11 Å². The summed E-state index contributed by atoms with van der Waals surface area (Å²) in [5, 5.41) is 6.24. The van der Waals surface area contributed by atoms with E-state index >= 15 is 0 Å². The number of alkyl halides is 1. The number of hydrogen-bond acceptors (Lipinski definition) is 5. The van der Waals surface area contributed by atoms with Crippen LogP contribution in [0.15, 0.2) is 67.3 Å². The van der Waals surface area contributed by atoms with Crippen molar-refractivity contribution in [3.05, 3.63) is 78.4 Å². The number of benzene rings is 2. The molecule has 1 atom stereocenters. The molecule has 9 heteroatoms. The van der Waals surface area contributed by atoms with Crippen molar-refractivity contribution >= 4 is 17.8 Å². The van der Waals surface area contributed by atoms with Crippen molar-refractivity contribution in [2.24, 2.45) is 5.92 Å². The maximum absolute atomic E-state index is 14.6. The molecule has 42 heavy (non-hydrogen) atoms. The van der Waals surface area contributed by atoms with E-state index in [2.05, 4.69) is 22.1 Å². The lowest BCUT2D eigenvalue weighted by Gasteiger charge is -2.38. The van der Waals surface area contributed by atoms with Gasteiger partial charge in [-0.25, -0.2) is 9.18 Å². The SMILES string of the molecule is C=CC1(F)CCC(C(=O)N[C@@H](CCN2CCC3(CC2)NC(=O)N(Cc2ccc(OC)cc2)C3=O)c2ccccc2)CC1. The molecule has 1 spiro atoms. The average Bonchev–Trinajstić information content (AvgIpc) is 3.24. The molecule has 2 saturated heterocycles. The van der Waals surface area contributed by atoms with E-state index < -0.39 is 11.2 Å². The standard InChI is InChI=1S/C33H41FN4O4/c1-3-32(34)16-13-26(14-17-32)29(39)35-28(25-7-5-4-6-8-25)15-20-37-21-18-33(19-22-37)30(40)38(31(41)36-33)23-24-9-11-27(42-2)12-10-24/h3-12,26,28H,1,13-23H2,2H3,(H,35,39)(H,36,41)/t26?,28-,32?/m0/s1. The van der Waals surface area contributed by atoms with Gasteiger partial charge in [-0.3, -0.25) is 14.5 Å². The highest BCUT2D eigenvalue weighted by Gasteiger charge is 2.52. The van der Waals surface area contributed by atoms with Crippen LogP contribution in [0.4, 0.5) is 9.18 Å². The molecule has 2 heterocycles. The predicted molar refractivity (Wildman–Crippen MR) is 158 cm³/mol. The number of nitrogens with one attached hydrogen (secondary N) is 2. The highest BCUT2D eigenvalue weighted by Crippen LogP contribution is 2.36. The molecule has 0 radical (unpaired) electrons. The zero-order valence-electron chi connectivity index (χ0n) is 24.3. The summed E-state index contributed by atoms with van der Waals surface area (Å²) in [7, 11) is 1.60. The maximum atomic E-state index is 14.6. The number of methoxy groups -OCH3 is 1. The first kappa shape index (κ1) is 29.8. The summed E-state index contributed by atoms with van der Waals surface area (Å²) in [5.41, 5.74) is -0.339. The average molecular weight is 577 g/mol. The third-order valence-electron chi connectivity index (χ3n) is 9.26. The lowest BCUT2D eigenvalue weighted by Crippen LogP contribution is -2.55. The third-order valence-corrected chi connectivity index (χ3v) is 9.26. The van der Waals surface area contributed by atoms with Gasteiger partial charge >= 0.3 is 6.03 Å². The second-order valence-electron chi connectivity index (χ2n) is 11.9. The molecular formula is C33H41FN4O4. The van der Waals surface area contributed by atoms with Gasteiger partial charge in [0.05, 0.1) is 19.7 Å². The molecule has 1 saturated carbocycles. The third kappa shape index (κ3) is 6.51. The molecule has 3 aliphatic rings. The lowest BCUT2D eigenvalue weighted by atomic mass is 9.79. The number of imide groups is 1. The van der Waals surface area contributed by atoms with Crippen molar-refractivity contribution in [3.8, 4) is 5.75 Å². The number of amides is 4. The molecule has 5 rings (SSSR count). The fourth-order valence-electron chi connectivity index (χ4n) is 6.40. The van der Waals surface area contributed by atoms with E-state index in [1.807, 2.05) is 54.6 Å². The summed E-state index contributed by atoms with van der Waals surface area (Å²) in [6, 6.07) is 16.8. The molecular weight excluding hydrogens is 535 g/mol. The summed E-state index contributed by atoms with van der Waals surface area (Å²) >= 11 is 0. The summed E-state index contributed by atoms with van der Waals surface area (Å²) in [4.78, 5) is 43.1. The van der Waals surface area contributed by atoms with Crippen LogP contribution in [0, 0.1) is 5.92 Å². The van der Waals surface area contributed by atoms with Crippen molar-refractivity contribution in [3.63, 3.8) is 0 Å². The number of carbonyl (C=O) groups excluding carboxylic acids is 3. The van der Waals surface area contributed by atoms with E-state index in [0.29, 0.717) is 58.0 Å². The van der Waals surface area contributed by atoms with Gasteiger partial charge in [0, 0.05) is 25.6 Å². The van der Waals surface area contributed by atoms with Crippen LogP contribution in [-0.4, -0.2) is 65.6 Å². The molecule has 2 aliphatic heterocycles.